The van der Waals surface area contributed by atoms with Crippen molar-refractivity contribution in [3.05, 3.63) is 35.9 Å². The minimum atomic E-state index is -3.27. The van der Waals surface area contributed by atoms with E-state index < -0.39 is 21.7 Å². The molecule has 1 aromatic rings. The average molecular weight is 242 g/mol. The van der Waals surface area contributed by atoms with Crippen LogP contribution < -0.4 is 0 Å². The third-order valence-corrected chi connectivity index (χ3v) is 3.19. The Balaban J connectivity index is 2.77. The summed E-state index contributed by atoms with van der Waals surface area (Å²) in [4.78, 5) is 10.9. The molecule has 1 unspecified atom stereocenters. The molecule has 0 bridgehead atoms. The highest BCUT2D eigenvalue weighted by molar-refractivity contribution is 7.90. The topological polar surface area (TPSA) is 71.4 Å². The Hall–Kier alpha value is -1.36. The summed E-state index contributed by atoms with van der Waals surface area (Å²) in [5.74, 6) is -2.27. The maximum absolute atomic E-state index is 11.1. The minimum absolute atomic E-state index is 0.239. The molecular weight excluding hydrogens is 228 g/mol. The number of carboxylic acid groups (broad SMARTS) is 1. The first-order chi connectivity index (χ1) is 7.38. The second-order valence-electron chi connectivity index (χ2n) is 3.82. The van der Waals surface area contributed by atoms with Gasteiger partial charge in [-0.1, -0.05) is 30.3 Å². The van der Waals surface area contributed by atoms with E-state index in [1.54, 1.807) is 24.3 Å². The quantitative estimate of drug-likeness (QED) is 0.835. The predicted molar refractivity (Wildman–Crippen MR) is 61.0 cm³/mol. The van der Waals surface area contributed by atoms with Crippen molar-refractivity contribution in [2.45, 2.75) is 6.42 Å². The summed E-state index contributed by atoms with van der Waals surface area (Å²) < 4.78 is 22.1. The fourth-order valence-corrected chi connectivity index (χ4v) is 2.47. The molecule has 0 saturated carbocycles. The van der Waals surface area contributed by atoms with Gasteiger partial charge in [-0.25, -0.2) is 8.42 Å². The first-order valence-corrected chi connectivity index (χ1v) is 6.89. The maximum Gasteiger partial charge on any atom is 0.307 e. The largest absolute Gasteiger partial charge is 0.481 e. The third-order valence-electron chi connectivity index (χ3n) is 2.18. The summed E-state index contributed by atoms with van der Waals surface area (Å²) in [6, 6.07) is 9.01. The molecule has 5 heteroatoms. The summed E-state index contributed by atoms with van der Waals surface area (Å²) in [5.41, 5.74) is 0.832. The molecule has 0 aliphatic heterocycles. The summed E-state index contributed by atoms with van der Waals surface area (Å²) >= 11 is 0. The molecule has 0 aliphatic carbocycles. The fraction of sp³-hybridized carbons (Fsp3) is 0.364. The van der Waals surface area contributed by atoms with Crippen LogP contribution >= 0.6 is 0 Å². The van der Waals surface area contributed by atoms with E-state index in [1.807, 2.05) is 6.07 Å². The van der Waals surface area contributed by atoms with Crippen molar-refractivity contribution >= 4 is 15.8 Å². The van der Waals surface area contributed by atoms with E-state index in [1.165, 1.54) is 0 Å². The molecule has 0 heterocycles. The number of aliphatic carboxylic acids is 1. The van der Waals surface area contributed by atoms with Gasteiger partial charge in [-0.3, -0.25) is 4.79 Å². The average Bonchev–Trinajstić information content (AvgIpc) is 2.16. The Morgan fingerprint density at radius 3 is 2.31 bits per heavy atom. The van der Waals surface area contributed by atoms with Crippen LogP contribution in [0.2, 0.25) is 0 Å². The molecule has 0 aliphatic rings. The maximum atomic E-state index is 11.1. The van der Waals surface area contributed by atoms with Gasteiger partial charge < -0.3 is 5.11 Å². The van der Waals surface area contributed by atoms with Gasteiger partial charge in [-0.2, -0.15) is 0 Å². The second kappa shape index (κ2) is 5.12. The van der Waals surface area contributed by atoms with Crippen LogP contribution in [0.15, 0.2) is 30.3 Å². The second-order valence-corrected chi connectivity index (χ2v) is 6.00. The van der Waals surface area contributed by atoms with Gasteiger partial charge >= 0.3 is 5.97 Å². The molecule has 1 N–H and O–H groups in total. The van der Waals surface area contributed by atoms with Gasteiger partial charge in [-0.15, -0.1) is 0 Å². The highest BCUT2D eigenvalue weighted by Crippen LogP contribution is 2.11. The molecular formula is C11H14O4S. The predicted octanol–water partition coefficient (Wildman–Crippen LogP) is 0.974. The molecule has 1 aromatic carbocycles. The van der Waals surface area contributed by atoms with Crippen LogP contribution in [-0.2, 0) is 21.1 Å². The molecule has 0 spiro atoms. The Kier molecular flexibility index (Phi) is 4.06. The number of sulfone groups is 1. The Bertz CT molecular complexity index is 450. The van der Waals surface area contributed by atoms with E-state index in [4.69, 9.17) is 5.11 Å². The van der Waals surface area contributed by atoms with E-state index >= 15 is 0 Å². The zero-order chi connectivity index (χ0) is 12.2. The van der Waals surface area contributed by atoms with E-state index in [-0.39, 0.29) is 12.2 Å². The first-order valence-electron chi connectivity index (χ1n) is 4.83. The molecule has 0 aromatic heterocycles. The normalized spacial score (nSPS) is 13.3. The molecule has 88 valence electrons. The van der Waals surface area contributed by atoms with E-state index in [2.05, 4.69) is 0 Å². The zero-order valence-electron chi connectivity index (χ0n) is 8.96. The van der Waals surface area contributed by atoms with Crippen molar-refractivity contribution in [3.63, 3.8) is 0 Å². The highest BCUT2D eigenvalue weighted by Gasteiger charge is 2.22. The molecule has 0 radical (unpaired) electrons. The molecule has 0 amide bonds. The van der Waals surface area contributed by atoms with Crippen molar-refractivity contribution in [2.75, 3.05) is 12.0 Å². The van der Waals surface area contributed by atoms with Crippen LogP contribution in [0.5, 0.6) is 0 Å². The fourth-order valence-electron chi connectivity index (χ4n) is 1.48. The van der Waals surface area contributed by atoms with Gasteiger partial charge in [0.2, 0.25) is 0 Å². The van der Waals surface area contributed by atoms with Gasteiger partial charge in [0.15, 0.2) is 0 Å². The van der Waals surface area contributed by atoms with E-state index in [9.17, 15) is 13.2 Å². The highest BCUT2D eigenvalue weighted by atomic mass is 32.2. The van der Waals surface area contributed by atoms with Gasteiger partial charge in [0, 0.05) is 6.26 Å². The van der Waals surface area contributed by atoms with Crippen LogP contribution in [0.1, 0.15) is 5.56 Å². The lowest BCUT2D eigenvalue weighted by molar-refractivity contribution is -0.140. The molecule has 1 rings (SSSR count). The number of rotatable bonds is 5. The molecule has 0 saturated heterocycles. The number of carboxylic acids is 1. The van der Waals surface area contributed by atoms with Crippen molar-refractivity contribution in [1.29, 1.82) is 0 Å². The van der Waals surface area contributed by atoms with Crippen LogP contribution in [-0.4, -0.2) is 31.5 Å². The zero-order valence-corrected chi connectivity index (χ0v) is 9.78. The molecule has 1 atom stereocenters. The Labute approximate surface area is 94.8 Å². The van der Waals surface area contributed by atoms with E-state index in [0.29, 0.717) is 0 Å². The SMILES string of the molecule is CS(=O)(=O)CC(Cc1ccccc1)C(=O)O. The van der Waals surface area contributed by atoms with Gasteiger partial charge in [0.05, 0.1) is 11.7 Å². The number of hydrogen-bond donors (Lipinski definition) is 1. The smallest absolute Gasteiger partial charge is 0.307 e. The lowest BCUT2D eigenvalue weighted by atomic mass is 10.0. The van der Waals surface area contributed by atoms with Crippen molar-refractivity contribution in [1.82, 2.24) is 0 Å². The van der Waals surface area contributed by atoms with Crippen LogP contribution in [0.3, 0.4) is 0 Å². The van der Waals surface area contributed by atoms with E-state index in [0.717, 1.165) is 11.8 Å². The lowest BCUT2D eigenvalue weighted by Gasteiger charge is -2.10. The monoisotopic (exact) mass is 242 g/mol. The van der Waals surface area contributed by atoms with Gasteiger partial charge in [0.25, 0.3) is 0 Å². The van der Waals surface area contributed by atoms with Crippen molar-refractivity contribution in [3.8, 4) is 0 Å². The molecule has 0 fully saturated rings. The minimum Gasteiger partial charge on any atom is -0.481 e. The number of hydrogen-bond acceptors (Lipinski definition) is 3. The number of benzene rings is 1. The summed E-state index contributed by atoms with van der Waals surface area (Å²) in [6.45, 7) is 0. The standard InChI is InChI=1S/C11H14O4S/c1-16(14,15)8-10(11(12)13)7-9-5-3-2-4-6-9/h2-6,10H,7-8H2,1H3,(H,12,13). The van der Waals surface area contributed by atoms with Gasteiger partial charge in [0.1, 0.15) is 9.84 Å². The summed E-state index contributed by atoms with van der Waals surface area (Å²) in [5, 5.41) is 8.93. The lowest BCUT2D eigenvalue weighted by Crippen LogP contribution is -2.25. The molecule has 16 heavy (non-hydrogen) atoms. The van der Waals surface area contributed by atoms with Crippen molar-refractivity contribution in [2.24, 2.45) is 5.92 Å². The van der Waals surface area contributed by atoms with Gasteiger partial charge in [-0.05, 0) is 12.0 Å². The summed E-state index contributed by atoms with van der Waals surface area (Å²) in [6.07, 6.45) is 1.29. The summed E-state index contributed by atoms with van der Waals surface area (Å²) in [7, 11) is -3.27. The molecule has 4 nitrogen and oxygen atoms in total. The Morgan fingerprint density at radius 1 is 1.31 bits per heavy atom. The van der Waals surface area contributed by atoms with Crippen molar-refractivity contribution < 1.29 is 18.3 Å². The first kappa shape index (κ1) is 12.7. The van der Waals surface area contributed by atoms with Crippen LogP contribution in [0.4, 0.5) is 0 Å². The van der Waals surface area contributed by atoms with Crippen LogP contribution in [0, 0.1) is 5.92 Å². The van der Waals surface area contributed by atoms with Crippen LogP contribution in [0.25, 0.3) is 0 Å². The Morgan fingerprint density at radius 2 is 1.88 bits per heavy atom. The number of carbonyl (C=O) groups is 1. The third kappa shape index (κ3) is 4.44.